The summed E-state index contributed by atoms with van der Waals surface area (Å²) < 4.78 is 0. The Balaban J connectivity index is 1.63. The standard InChI is InChI=1S/C16H33N3/c1-18-9-7-16(8-10-18)13-19(2)12-15-5-3-14(11-17)4-6-15/h14-16H,3-13,17H2,1-2H3. The predicted molar refractivity (Wildman–Crippen MR) is 82.2 cm³/mol. The lowest BCUT2D eigenvalue weighted by Crippen LogP contribution is -2.37. The van der Waals surface area contributed by atoms with Gasteiger partial charge in [0, 0.05) is 13.1 Å². The van der Waals surface area contributed by atoms with Gasteiger partial charge in [0.15, 0.2) is 0 Å². The third-order valence-corrected chi connectivity index (χ3v) is 5.28. The second kappa shape index (κ2) is 7.61. The van der Waals surface area contributed by atoms with Crippen molar-refractivity contribution in [3.63, 3.8) is 0 Å². The van der Waals surface area contributed by atoms with Crippen LogP contribution in [0.3, 0.4) is 0 Å². The van der Waals surface area contributed by atoms with Gasteiger partial charge in [0.2, 0.25) is 0 Å². The Kier molecular flexibility index (Phi) is 6.11. The number of nitrogens with zero attached hydrogens (tertiary/aromatic N) is 2. The van der Waals surface area contributed by atoms with Gasteiger partial charge in [0.1, 0.15) is 0 Å². The molecule has 0 aromatic carbocycles. The lowest BCUT2D eigenvalue weighted by atomic mass is 9.82. The zero-order valence-electron chi connectivity index (χ0n) is 13.0. The molecule has 0 atom stereocenters. The number of rotatable bonds is 5. The summed E-state index contributed by atoms with van der Waals surface area (Å²) in [6.45, 7) is 6.10. The molecule has 0 amide bonds. The molecule has 0 aromatic rings. The number of nitrogens with two attached hydrogens (primary N) is 1. The molecule has 2 fully saturated rings. The summed E-state index contributed by atoms with van der Waals surface area (Å²) in [5, 5.41) is 0. The minimum atomic E-state index is 0.815. The molecule has 19 heavy (non-hydrogen) atoms. The summed E-state index contributed by atoms with van der Waals surface area (Å²) in [7, 11) is 4.57. The molecule has 1 aliphatic carbocycles. The average molecular weight is 267 g/mol. The molecular weight excluding hydrogens is 234 g/mol. The Morgan fingerprint density at radius 1 is 0.895 bits per heavy atom. The van der Waals surface area contributed by atoms with Gasteiger partial charge < -0.3 is 15.5 Å². The molecule has 2 N–H and O–H groups in total. The monoisotopic (exact) mass is 267 g/mol. The van der Waals surface area contributed by atoms with E-state index in [1.165, 1.54) is 64.7 Å². The minimum absolute atomic E-state index is 0.815. The first-order valence-electron chi connectivity index (χ1n) is 8.24. The highest BCUT2D eigenvalue weighted by Crippen LogP contribution is 2.29. The van der Waals surface area contributed by atoms with Crippen molar-refractivity contribution in [3.05, 3.63) is 0 Å². The third-order valence-electron chi connectivity index (χ3n) is 5.28. The van der Waals surface area contributed by atoms with E-state index in [0.717, 1.165) is 24.3 Å². The zero-order valence-corrected chi connectivity index (χ0v) is 13.0. The number of hydrogen-bond acceptors (Lipinski definition) is 3. The molecule has 3 nitrogen and oxygen atoms in total. The Morgan fingerprint density at radius 2 is 1.37 bits per heavy atom. The molecule has 1 heterocycles. The van der Waals surface area contributed by atoms with Crippen LogP contribution in [-0.4, -0.2) is 56.6 Å². The zero-order chi connectivity index (χ0) is 13.7. The highest BCUT2D eigenvalue weighted by atomic mass is 15.1. The first-order valence-corrected chi connectivity index (χ1v) is 8.24. The second-order valence-electron chi connectivity index (χ2n) is 7.09. The summed E-state index contributed by atoms with van der Waals surface area (Å²) >= 11 is 0. The molecular formula is C16H33N3. The van der Waals surface area contributed by atoms with Crippen molar-refractivity contribution in [2.75, 3.05) is 46.8 Å². The van der Waals surface area contributed by atoms with E-state index >= 15 is 0 Å². The molecule has 0 radical (unpaired) electrons. The molecule has 0 bridgehead atoms. The Bertz CT molecular complexity index is 240. The summed E-state index contributed by atoms with van der Waals surface area (Å²) in [5.74, 6) is 2.68. The van der Waals surface area contributed by atoms with Crippen LogP contribution in [0.4, 0.5) is 0 Å². The maximum absolute atomic E-state index is 5.77. The fraction of sp³-hybridized carbons (Fsp3) is 1.00. The first-order chi connectivity index (χ1) is 9.17. The molecule has 1 aliphatic heterocycles. The average Bonchev–Trinajstić information content (AvgIpc) is 2.42. The SMILES string of the molecule is CN1CCC(CN(C)CC2CCC(CN)CC2)CC1. The van der Waals surface area contributed by atoms with E-state index in [0.29, 0.717) is 0 Å². The van der Waals surface area contributed by atoms with Crippen LogP contribution in [0.2, 0.25) is 0 Å². The van der Waals surface area contributed by atoms with Gasteiger partial charge in [-0.25, -0.2) is 0 Å². The molecule has 2 aliphatic rings. The van der Waals surface area contributed by atoms with Crippen LogP contribution in [0.5, 0.6) is 0 Å². The van der Waals surface area contributed by atoms with Crippen LogP contribution < -0.4 is 5.73 Å². The molecule has 1 saturated heterocycles. The molecule has 0 aromatic heterocycles. The lowest BCUT2D eigenvalue weighted by molar-refractivity contribution is 0.150. The first kappa shape index (κ1) is 15.3. The van der Waals surface area contributed by atoms with Crippen molar-refractivity contribution >= 4 is 0 Å². The smallest absolute Gasteiger partial charge is 0.000767 e. The van der Waals surface area contributed by atoms with E-state index in [9.17, 15) is 0 Å². The maximum atomic E-state index is 5.77. The summed E-state index contributed by atoms with van der Waals surface area (Å²) in [4.78, 5) is 5.06. The Labute approximate surface area is 119 Å². The summed E-state index contributed by atoms with van der Waals surface area (Å²) in [5.41, 5.74) is 5.77. The van der Waals surface area contributed by atoms with Crippen molar-refractivity contribution in [2.24, 2.45) is 23.5 Å². The highest BCUT2D eigenvalue weighted by Gasteiger charge is 2.23. The van der Waals surface area contributed by atoms with E-state index in [1.54, 1.807) is 0 Å². The van der Waals surface area contributed by atoms with E-state index in [-0.39, 0.29) is 0 Å². The van der Waals surface area contributed by atoms with Crippen LogP contribution in [0.25, 0.3) is 0 Å². The van der Waals surface area contributed by atoms with Crippen LogP contribution in [0.15, 0.2) is 0 Å². The Morgan fingerprint density at radius 3 is 1.89 bits per heavy atom. The highest BCUT2D eigenvalue weighted by molar-refractivity contribution is 4.77. The largest absolute Gasteiger partial charge is 0.330 e. The minimum Gasteiger partial charge on any atom is -0.330 e. The van der Waals surface area contributed by atoms with Gasteiger partial charge in [0.25, 0.3) is 0 Å². The van der Waals surface area contributed by atoms with Gasteiger partial charge in [-0.2, -0.15) is 0 Å². The Hall–Kier alpha value is -0.120. The molecule has 3 heteroatoms. The van der Waals surface area contributed by atoms with Crippen LogP contribution in [-0.2, 0) is 0 Å². The molecule has 0 unspecified atom stereocenters. The van der Waals surface area contributed by atoms with Gasteiger partial charge in [-0.3, -0.25) is 0 Å². The molecule has 2 rings (SSSR count). The van der Waals surface area contributed by atoms with E-state index in [1.807, 2.05) is 0 Å². The second-order valence-corrected chi connectivity index (χ2v) is 7.09. The summed E-state index contributed by atoms with van der Waals surface area (Å²) in [6, 6.07) is 0. The quantitative estimate of drug-likeness (QED) is 0.827. The number of piperidine rings is 1. The van der Waals surface area contributed by atoms with Gasteiger partial charge in [0.05, 0.1) is 0 Å². The van der Waals surface area contributed by atoms with Crippen LogP contribution in [0.1, 0.15) is 38.5 Å². The van der Waals surface area contributed by atoms with Crippen molar-refractivity contribution in [2.45, 2.75) is 38.5 Å². The molecule has 1 saturated carbocycles. The molecule has 112 valence electrons. The fourth-order valence-electron chi connectivity index (χ4n) is 3.85. The van der Waals surface area contributed by atoms with Crippen molar-refractivity contribution in [1.82, 2.24) is 9.80 Å². The molecule has 0 spiro atoms. The van der Waals surface area contributed by atoms with Crippen molar-refractivity contribution < 1.29 is 0 Å². The normalized spacial score (nSPS) is 30.9. The third kappa shape index (κ3) is 5.05. The van der Waals surface area contributed by atoms with E-state index < -0.39 is 0 Å². The predicted octanol–water partition coefficient (Wildman–Crippen LogP) is 2.03. The number of likely N-dealkylation sites (tertiary alicyclic amines) is 1. The van der Waals surface area contributed by atoms with Crippen LogP contribution >= 0.6 is 0 Å². The van der Waals surface area contributed by atoms with Crippen molar-refractivity contribution in [1.29, 1.82) is 0 Å². The van der Waals surface area contributed by atoms with Crippen LogP contribution in [0, 0.1) is 17.8 Å². The van der Waals surface area contributed by atoms with Gasteiger partial charge >= 0.3 is 0 Å². The maximum Gasteiger partial charge on any atom is 0.000767 e. The fourth-order valence-corrected chi connectivity index (χ4v) is 3.85. The van der Waals surface area contributed by atoms with E-state index in [4.69, 9.17) is 5.73 Å². The lowest BCUT2D eigenvalue weighted by Gasteiger charge is -2.34. The number of hydrogen-bond donors (Lipinski definition) is 1. The van der Waals surface area contributed by atoms with E-state index in [2.05, 4.69) is 23.9 Å². The van der Waals surface area contributed by atoms with Gasteiger partial charge in [-0.1, -0.05) is 0 Å². The topological polar surface area (TPSA) is 32.5 Å². The van der Waals surface area contributed by atoms with Crippen molar-refractivity contribution in [3.8, 4) is 0 Å². The van der Waals surface area contributed by atoms with Gasteiger partial charge in [-0.05, 0) is 90.0 Å². The van der Waals surface area contributed by atoms with Gasteiger partial charge in [-0.15, -0.1) is 0 Å². The summed E-state index contributed by atoms with van der Waals surface area (Å²) in [6.07, 6.45) is 8.31.